The summed E-state index contributed by atoms with van der Waals surface area (Å²) >= 11 is 0. The minimum absolute atomic E-state index is 0.0115. The minimum atomic E-state index is -1.53. The van der Waals surface area contributed by atoms with Crippen molar-refractivity contribution in [1.29, 1.82) is 0 Å². The van der Waals surface area contributed by atoms with Gasteiger partial charge in [0.2, 0.25) is 0 Å². The molecule has 0 aromatic heterocycles. The van der Waals surface area contributed by atoms with E-state index in [4.69, 9.17) is 66.3 Å². The van der Waals surface area contributed by atoms with Gasteiger partial charge < -0.3 is 76.5 Å². The standard InChI is InChI=1S/C76H83N3O16/c77-79-78-41-42-85-74-72(89-49-60-37-21-7-22-38-60)70(87-47-58-33-17-5-18-34-58)67(63(92-74)52-83-44-55-27-11-2-12-28-55)95-76-73(90-50-61-39-23-8-24-40-61)71(88-48-59-35-19-6-20-36-59)68(64(93-76)53-84-45-56-29-13-3-14-30-56)94-75-69(86-46-57-31-15-4-16-32-57)66(81)65(80)62(91-75)51-82-43-54-25-9-1-10-26-54/h1-40,62-76,80-81H,41-53H2/t62?,63-,64?,65-,66-,67+,68-,69?,70?,71+,72?,73?,74+,75+,76-/m0/s1. The molecule has 0 bridgehead atoms. The van der Waals surface area contributed by atoms with Crippen molar-refractivity contribution < 1.29 is 76.5 Å². The zero-order chi connectivity index (χ0) is 65.1. The Hall–Kier alpha value is -7.57. The van der Waals surface area contributed by atoms with Crippen LogP contribution in [0.2, 0.25) is 0 Å². The second-order valence-electron chi connectivity index (χ2n) is 23.4. The fraction of sp³-hybridized carbons (Fsp3) is 0.368. The molecule has 3 saturated heterocycles. The Bertz CT molecular complexity index is 3450. The van der Waals surface area contributed by atoms with Gasteiger partial charge in [-0.15, -0.1) is 0 Å². The van der Waals surface area contributed by atoms with Gasteiger partial charge in [0.1, 0.15) is 73.2 Å². The van der Waals surface area contributed by atoms with Crippen molar-refractivity contribution in [3.63, 3.8) is 0 Å². The quantitative estimate of drug-likeness (QED) is 0.0163. The number of ether oxygens (including phenoxy) is 14. The molecule has 19 heteroatoms. The van der Waals surface area contributed by atoms with Gasteiger partial charge in [0.05, 0.1) is 79.3 Å². The van der Waals surface area contributed by atoms with Crippen LogP contribution in [0.3, 0.4) is 0 Å². The van der Waals surface area contributed by atoms with Crippen LogP contribution in [0.15, 0.2) is 248 Å². The third-order valence-electron chi connectivity index (χ3n) is 16.6. The van der Waals surface area contributed by atoms with Gasteiger partial charge in [-0.05, 0) is 50.0 Å². The molecule has 0 radical (unpaired) electrons. The largest absolute Gasteiger partial charge is 0.387 e. The lowest BCUT2D eigenvalue weighted by Gasteiger charge is -2.51. The van der Waals surface area contributed by atoms with Crippen LogP contribution in [-0.4, -0.2) is 135 Å². The molecule has 3 aliphatic heterocycles. The van der Waals surface area contributed by atoms with E-state index in [2.05, 4.69) is 10.0 Å². The van der Waals surface area contributed by atoms with Crippen molar-refractivity contribution >= 4 is 0 Å². The second-order valence-corrected chi connectivity index (χ2v) is 23.4. The number of hydrogen-bond acceptors (Lipinski definition) is 17. The van der Waals surface area contributed by atoms with Gasteiger partial charge in [0.15, 0.2) is 18.9 Å². The number of azide groups is 1. The topological polar surface area (TPSA) is 218 Å². The minimum Gasteiger partial charge on any atom is -0.387 e. The predicted molar refractivity (Wildman–Crippen MR) is 351 cm³/mol. The van der Waals surface area contributed by atoms with Crippen molar-refractivity contribution in [3.05, 3.63) is 298 Å². The third kappa shape index (κ3) is 20.5. The molecule has 8 aromatic rings. The van der Waals surface area contributed by atoms with E-state index in [-0.39, 0.29) is 85.8 Å². The van der Waals surface area contributed by atoms with Crippen molar-refractivity contribution in [3.8, 4) is 0 Å². The van der Waals surface area contributed by atoms with Gasteiger partial charge in [-0.3, -0.25) is 0 Å². The number of aliphatic hydroxyl groups is 2. The van der Waals surface area contributed by atoms with Crippen LogP contribution in [-0.2, 0) is 119 Å². The first kappa shape index (κ1) is 68.8. The molecule has 3 fully saturated rings. The number of rotatable bonds is 35. The summed E-state index contributed by atoms with van der Waals surface area (Å²) in [4.78, 5) is 2.98. The van der Waals surface area contributed by atoms with E-state index in [1.807, 2.05) is 243 Å². The van der Waals surface area contributed by atoms with Crippen molar-refractivity contribution in [1.82, 2.24) is 0 Å². The van der Waals surface area contributed by atoms with Crippen molar-refractivity contribution in [2.75, 3.05) is 33.0 Å². The number of benzene rings is 8. The average Bonchev–Trinajstić information content (AvgIpc) is 0.776. The highest BCUT2D eigenvalue weighted by atomic mass is 16.8. The fourth-order valence-corrected chi connectivity index (χ4v) is 11.7. The van der Waals surface area contributed by atoms with E-state index in [0.29, 0.717) is 0 Å². The summed E-state index contributed by atoms with van der Waals surface area (Å²) in [6, 6.07) is 77.7. The van der Waals surface area contributed by atoms with Crippen LogP contribution in [0.25, 0.3) is 10.4 Å². The Balaban J connectivity index is 1.01. The van der Waals surface area contributed by atoms with Gasteiger partial charge in [-0.1, -0.05) is 248 Å². The van der Waals surface area contributed by atoms with E-state index >= 15 is 0 Å². The fourth-order valence-electron chi connectivity index (χ4n) is 11.7. The second kappa shape index (κ2) is 37.1. The molecular weight excluding hydrogens is 1210 g/mol. The van der Waals surface area contributed by atoms with Crippen LogP contribution < -0.4 is 0 Å². The summed E-state index contributed by atoms with van der Waals surface area (Å²) in [6.07, 6.45) is -17.8. The summed E-state index contributed by atoms with van der Waals surface area (Å²) in [5.74, 6) is 0. The molecule has 6 unspecified atom stereocenters. The first-order valence-corrected chi connectivity index (χ1v) is 32.3. The molecule has 3 heterocycles. The van der Waals surface area contributed by atoms with Crippen molar-refractivity contribution in [2.24, 2.45) is 5.11 Å². The highest BCUT2D eigenvalue weighted by Crippen LogP contribution is 2.39. The zero-order valence-corrected chi connectivity index (χ0v) is 52.9. The molecule has 19 nitrogen and oxygen atoms in total. The Morgan fingerprint density at radius 2 is 0.579 bits per heavy atom. The van der Waals surface area contributed by atoms with Gasteiger partial charge in [0, 0.05) is 11.5 Å². The molecule has 0 aliphatic carbocycles. The van der Waals surface area contributed by atoms with Crippen molar-refractivity contribution in [2.45, 2.75) is 145 Å². The maximum atomic E-state index is 12.4. The average molecular weight is 1290 g/mol. The monoisotopic (exact) mass is 1290 g/mol. The van der Waals surface area contributed by atoms with Gasteiger partial charge >= 0.3 is 0 Å². The number of nitrogens with zero attached hydrogens (tertiary/aromatic N) is 3. The first-order chi connectivity index (χ1) is 46.9. The summed E-state index contributed by atoms with van der Waals surface area (Å²) in [5.41, 5.74) is 16.3. The molecule has 498 valence electrons. The van der Waals surface area contributed by atoms with Gasteiger partial charge in [-0.2, -0.15) is 0 Å². The Morgan fingerprint density at radius 1 is 0.305 bits per heavy atom. The molecule has 0 amide bonds. The summed E-state index contributed by atoms with van der Waals surface area (Å²) in [7, 11) is 0. The zero-order valence-electron chi connectivity index (χ0n) is 52.9. The molecule has 0 spiro atoms. The van der Waals surface area contributed by atoms with E-state index in [9.17, 15) is 15.7 Å². The maximum Gasteiger partial charge on any atom is 0.187 e. The van der Waals surface area contributed by atoms with Crippen LogP contribution >= 0.6 is 0 Å². The summed E-state index contributed by atoms with van der Waals surface area (Å²) in [6.45, 7) is 0.767. The molecule has 95 heavy (non-hydrogen) atoms. The van der Waals surface area contributed by atoms with E-state index < -0.39 is 92.1 Å². The molecule has 2 N–H and O–H groups in total. The maximum absolute atomic E-state index is 12.4. The predicted octanol–water partition coefficient (Wildman–Crippen LogP) is 11.6. The Morgan fingerprint density at radius 3 is 0.926 bits per heavy atom. The third-order valence-corrected chi connectivity index (χ3v) is 16.6. The van der Waals surface area contributed by atoms with Crippen LogP contribution in [0.5, 0.6) is 0 Å². The summed E-state index contributed by atoms with van der Waals surface area (Å²) in [5, 5.41) is 28.1. The van der Waals surface area contributed by atoms with Crippen LogP contribution in [0, 0.1) is 0 Å². The van der Waals surface area contributed by atoms with E-state index in [1.54, 1.807) is 0 Å². The van der Waals surface area contributed by atoms with Gasteiger partial charge in [-0.25, -0.2) is 0 Å². The lowest BCUT2D eigenvalue weighted by molar-refractivity contribution is -0.393. The van der Waals surface area contributed by atoms with E-state index in [0.717, 1.165) is 44.5 Å². The molecule has 0 saturated carbocycles. The highest BCUT2D eigenvalue weighted by molar-refractivity contribution is 5.20. The van der Waals surface area contributed by atoms with Crippen LogP contribution in [0.4, 0.5) is 0 Å². The lowest BCUT2D eigenvalue weighted by Crippen LogP contribution is -2.68. The molecule has 15 atom stereocenters. The molecule has 11 rings (SSSR count). The smallest absolute Gasteiger partial charge is 0.187 e. The Labute approximate surface area is 554 Å². The summed E-state index contributed by atoms with van der Waals surface area (Å²) < 4.78 is 97.7. The lowest BCUT2D eigenvalue weighted by atomic mass is 9.95. The number of aliphatic hydroxyl groups excluding tert-OH is 2. The molecule has 3 aliphatic rings. The number of hydrogen-bond donors (Lipinski definition) is 2. The normalized spacial score (nSPS) is 25.9. The van der Waals surface area contributed by atoms with Gasteiger partial charge in [0.25, 0.3) is 0 Å². The van der Waals surface area contributed by atoms with E-state index in [1.165, 1.54) is 0 Å². The first-order valence-electron chi connectivity index (χ1n) is 32.3. The molecule has 8 aromatic carbocycles. The molecular formula is C76H83N3O16. The van der Waals surface area contributed by atoms with Crippen LogP contribution in [0.1, 0.15) is 44.5 Å². The Kier molecular flexibility index (Phi) is 26.9. The SMILES string of the molecule is [N-]=[N+]=NCCO[C@@H]1O[C@@H](COCc2ccccc2)[C@@H](O[C@@H]2OC(COCc3ccccc3)[C@H](O[C@H]3OC(COCc4ccccc4)[C@H](O)[C@H](O)C3OCc3ccccc3)[C@@H](OCc3ccccc3)C2OCc2ccccc2)C(OCc2ccccc2)C1OCc1ccccc1. The highest BCUT2D eigenvalue weighted by Gasteiger charge is 2.57.